The Morgan fingerprint density at radius 2 is 1.68 bits per heavy atom. The van der Waals surface area contributed by atoms with Crippen molar-refractivity contribution in [1.29, 1.82) is 0 Å². The molecule has 4 aliphatic rings. The monoisotopic (exact) mass is 546 g/mol. The Labute approximate surface area is 232 Å². The lowest BCUT2D eigenvalue weighted by molar-refractivity contribution is -0.171. The molecule has 5 rings (SSSR count). The summed E-state index contributed by atoms with van der Waals surface area (Å²) in [6.45, 7) is 9.51. The lowest BCUT2D eigenvalue weighted by Crippen LogP contribution is -2.67. The fraction of sp³-hybridized carbons (Fsp3) is 0.438. The van der Waals surface area contributed by atoms with Gasteiger partial charge in [0.15, 0.2) is 23.0 Å². The highest BCUT2D eigenvalue weighted by molar-refractivity contribution is 6.25. The number of phenolic OH excluding ortho intramolecular Hbond substituents is 1. The summed E-state index contributed by atoms with van der Waals surface area (Å²) >= 11 is 0. The number of rotatable bonds is 4. The molecule has 0 aliphatic heterocycles. The summed E-state index contributed by atoms with van der Waals surface area (Å²) in [4.78, 5) is 52.8. The normalized spacial score (nSPS) is 31.6. The van der Waals surface area contributed by atoms with Gasteiger partial charge in [-0.15, -0.1) is 0 Å². The Kier molecular flexibility index (Phi) is 5.98. The summed E-state index contributed by atoms with van der Waals surface area (Å²) in [6, 6.07) is 3.05. The summed E-state index contributed by atoms with van der Waals surface area (Å²) in [6.07, 6.45) is 4.24. The molecule has 8 nitrogen and oxygen atoms in total. The molecule has 0 amide bonds. The van der Waals surface area contributed by atoms with Crippen LogP contribution in [0.15, 0.2) is 52.5 Å². The SMILES string of the molecule is CC(=O)C1=C(c2ccc(O)c3c2C[C@]2(C)C[C@]4(C)C(C(C)C)C(O)=C(C(C)=O)C(=O)[C@]4(O)C(O)=C2C3=O)CC=C1. The standard InChI is InChI=1S/C32H34O8/c1-14(2)24-26(36)22(16(4)34)28(38)32(40)29(39)25-27(37)23-20(12-30(25,5)13-31(24,32)6)19(10-11-21(23)35)18-9-7-8-17(18)15(3)33/h7-8,10-11,14,24,35-36,39-40H,9,12-13H2,1-6H3/t24?,30-,31-,32+/m1/s1. The first kappa shape index (κ1) is 27.8. The second kappa shape index (κ2) is 8.61. The summed E-state index contributed by atoms with van der Waals surface area (Å²) in [5.41, 5.74) is -3.69. The van der Waals surface area contributed by atoms with Crippen molar-refractivity contribution < 1.29 is 39.6 Å². The minimum atomic E-state index is -2.65. The Bertz CT molecular complexity index is 1570. The maximum absolute atomic E-state index is 14.2. The quantitative estimate of drug-likeness (QED) is 0.399. The molecule has 0 radical (unpaired) electrons. The highest BCUT2D eigenvalue weighted by atomic mass is 16.3. The zero-order valence-electron chi connectivity index (χ0n) is 23.5. The molecule has 4 atom stereocenters. The molecular weight excluding hydrogens is 512 g/mol. The number of ketones is 4. The van der Waals surface area contributed by atoms with Crippen molar-refractivity contribution >= 4 is 28.7 Å². The Morgan fingerprint density at radius 1 is 1.02 bits per heavy atom. The van der Waals surface area contributed by atoms with Crippen LogP contribution in [0.2, 0.25) is 0 Å². The van der Waals surface area contributed by atoms with E-state index in [0.717, 1.165) is 12.5 Å². The van der Waals surface area contributed by atoms with Crippen molar-refractivity contribution in [2.75, 3.05) is 0 Å². The van der Waals surface area contributed by atoms with Gasteiger partial charge in [0.2, 0.25) is 5.78 Å². The van der Waals surface area contributed by atoms with Gasteiger partial charge in [-0.05, 0) is 61.8 Å². The fourth-order valence-corrected chi connectivity index (χ4v) is 8.10. The van der Waals surface area contributed by atoms with Crippen LogP contribution >= 0.6 is 0 Å². The fourth-order valence-electron chi connectivity index (χ4n) is 8.10. The predicted octanol–water partition coefficient (Wildman–Crippen LogP) is 4.65. The average molecular weight is 547 g/mol. The van der Waals surface area contributed by atoms with Crippen molar-refractivity contribution in [3.05, 3.63) is 69.2 Å². The second-order valence-electron chi connectivity index (χ2n) is 12.5. The molecule has 0 spiro atoms. The lowest BCUT2D eigenvalue weighted by Gasteiger charge is -2.59. The molecule has 0 fully saturated rings. The number of hydrogen-bond donors (Lipinski definition) is 4. The van der Waals surface area contributed by atoms with E-state index in [1.165, 1.54) is 13.0 Å². The van der Waals surface area contributed by atoms with Crippen LogP contribution in [0.5, 0.6) is 5.75 Å². The Balaban J connectivity index is 1.81. The molecule has 4 N–H and O–H groups in total. The maximum Gasteiger partial charge on any atom is 0.209 e. The summed E-state index contributed by atoms with van der Waals surface area (Å²) in [5, 5.41) is 46.0. The number of carbonyl (C=O) groups excluding carboxylic acids is 4. The topological polar surface area (TPSA) is 149 Å². The number of aromatic hydroxyl groups is 1. The molecule has 1 aromatic rings. The van der Waals surface area contributed by atoms with Crippen LogP contribution in [-0.2, 0) is 20.8 Å². The van der Waals surface area contributed by atoms with Gasteiger partial charge in [-0.1, -0.05) is 45.9 Å². The van der Waals surface area contributed by atoms with E-state index < -0.39 is 56.8 Å². The van der Waals surface area contributed by atoms with Crippen LogP contribution in [0.25, 0.3) is 5.57 Å². The van der Waals surface area contributed by atoms with Crippen molar-refractivity contribution in [3.8, 4) is 5.75 Å². The summed E-state index contributed by atoms with van der Waals surface area (Å²) in [7, 11) is 0. The highest BCUT2D eigenvalue weighted by Crippen LogP contribution is 2.65. The number of hydrogen-bond acceptors (Lipinski definition) is 8. The minimum absolute atomic E-state index is 0.0108. The molecule has 0 bridgehead atoms. The van der Waals surface area contributed by atoms with Gasteiger partial charge in [-0.3, -0.25) is 19.2 Å². The largest absolute Gasteiger partial charge is 0.511 e. The van der Waals surface area contributed by atoms with E-state index in [2.05, 4.69) is 0 Å². The molecule has 0 saturated heterocycles. The number of allylic oxidation sites excluding steroid dienone is 6. The molecule has 40 heavy (non-hydrogen) atoms. The van der Waals surface area contributed by atoms with Crippen molar-refractivity contribution in [2.24, 2.45) is 22.7 Å². The summed E-state index contributed by atoms with van der Waals surface area (Å²) < 4.78 is 0. The lowest BCUT2D eigenvalue weighted by atomic mass is 9.44. The number of fused-ring (bicyclic) bond motifs is 3. The smallest absolute Gasteiger partial charge is 0.209 e. The van der Waals surface area contributed by atoms with Gasteiger partial charge in [0.25, 0.3) is 0 Å². The molecule has 1 unspecified atom stereocenters. The first-order chi connectivity index (χ1) is 18.5. The van der Waals surface area contributed by atoms with Crippen LogP contribution in [0.3, 0.4) is 0 Å². The second-order valence-corrected chi connectivity index (χ2v) is 12.5. The number of benzene rings is 1. The molecule has 0 saturated carbocycles. The van der Waals surface area contributed by atoms with Gasteiger partial charge >= 0.3 is 0 Å². The molecule has 8 heteroatoms. The number of phenols is 1. The Hall–Kier alpha value is -3.78. The van der Waals surface area contributed by atoms with E-state index in [4.69, 9.17) is 0 Å². The number of aliphatic hydroxyl groups is 3. The van der Waals surface area contributed by atoms with Crippen LogP contribution in [0, 0.1) is 22.7 Å². The summed E-state index contributed by atoms with van der Waals surface area (Å²) in [5.74, 6) is -5.59. The predicted molar refractivity (Wildman–Crippen MR) is 147 cm³/mol. The highest BCUT2D eigenvalue weighted by Gasteiger charge is 2.71. The van der Waals surface area contributed by atoms with Crippen LogP contribution in [-0.4, -0.2) is 49.2 Å². The van der Waals surface area contributed by atoms with Crippen LogP contribution in [0.1, 0.15) is 75.9 Å². The Morgan fingerprint density at radius 3 is 2.25 bits per heavy atom. The third kappa shape index (κ3) is 3.28. The zero-order chi connectivity index (χ0) is 29.7. The van der Waals surface area contributed by atoms with Crippen molar-refractivity contribution in [1.82, 2.24) is 0 Å². The molecule has 0 heterocycles. The number of carbonyl (C=O) groups is 4. The first-order valence-corrected chi connectivity index (χ1v) is 13.5. The maximum atomic E-state index is 14.2. The van der Waals surface area contributed by atoms with Crippen LogP contribution < -0.4 is 0 Å². The zero-order valence-corrected chi connectivity index (χ0v) is 23.5. The average Bonchev–Trinajstić information content (AvgIpc) is 3.31. The molecule has 210 valence electrons. The molecule has 1 aromatic carbocycles. The van der Waals surface area contributed by atoms with Gasteiger partial charge in [0, 0.05) is 27.9 Å². The first-order valence-electron chi connectivity index (χ1n) is 13.5. The van der Waals surface area contributed by atoms with E-state index in [1.807, 2.05) is 6.08 Å². The van der Waals surface area contributed by atoms with E-state index in [0.29, 0.717) is 23.1 Å². The molecule has 0 aromatic heterocycles. The van der Waals surface area contributed by atoms with E-state index in [-0.39, 0.29) is 41.4 Å². The number of Topliss-reactive ketones (excluding diaryl/α,β-unsaturated/α-hetero) is 4. The van der Waals surface area contributed by atoms with E-state index in [9.17, 15) is 39.6 Å². The van der Waals surface area contributed by atoms with Crippen LogP contribution in [0.4, 0.5) is 0 Å². The van der Waals surface area contributed by atoms with E-state index >= 15 is 0 Å². The van der Waals surface area contributed by atoms with E-state index in [1.54, 1.807) is 39.8 Å². The van der Waals surface area contributed by atoms with Crippen molar-refractivity contribution in [2.45, 2.75) is 66.4 Å². The molecule has 4 aliphatic carbocycles. The van der Waals surface area contributed by atoms with Gasteiger partial charge in [0.05, 0.1) is 5.56 Å². The molecular formula is C32H34O8. The van der Waals surface area contributed by atoms with Gasteiger partial charge in [-0.2, -0.15) is 0 Å². The van der Waals surface area contributed by atoms with Crippen molar-refractivity contribution in [3.63, 3.8) is 0 Å². The minimum Gasteiger partial charge on any atom is -0.511 e. The van der Waals surface area contributed by atoms with Gasteiger partial charge < -0.3 is 20.4 Å². The third-order valence-electron chi connectivity index (χ3n) is 9.53. The number of aliphatic hydroxyl groups excluding tert-OH is 2. The third-order valence-corrected chi connectivity index (χ3v) is 9.53. The van der Waals surface area contributed by atoms with Gasteiger partial charge in [-0.25, -0.2) is 0 Å². The van der Waals surface area contributed by atoms with Gasteiger partial charge in [0.1, 0.15) is 22.8 Å².